The third-order valence-corrected chi connectivity index (χ3v) is 4.61. The molecule has 2 aromatic carbocycles. The minimum absolute atomic E-state index is 0.326. The van der Waals surface area contributed by atoms with Crippen molar-refractivity contribution in [1.82, 2.24) is 14.7 Å². The Hall–Kier alpha value is -3.34. The number of nitrogens with zero attached hydrogens (tertiary/aromatic N) is 3. The monoisotopic (exact) mass is 359 g/mol. The topological polar surface area (TPSA) is 53.1 Å². The lowest BCUT2D eigenvalue weighted by atomic mass is 10.1. The van der Waals surface area contributed by atoms with E-state index in [-0.39, 0.29) is 6.10 Å². The Morgan fingerprint density at radius 1 is 0.963 bits per heavy atom. The highest BCUT2D eigenvalue weighted by atomic mass is 16.5. The number of benzene rings is 2. The fourth-order valence-electron chi connectivity index (χ4n) is 2.85. The van der Waals surface area contributed by atoms with Gasteiger partial charge in [0, 0.05) is 23.6 Å². The molecule has 0 fully saturated rings. The smallest absolute Gasteiger partial charge is 0.267 e. The molecule has 136 valence electrons. The summed E-state index contributed by atoms with van der Waals surface area (Å²) >= 11 is 0. The van der Waals surface area contributed by atoms with Crippen molar-refractivity contribution in [3.8, 4) is 22.8 Å². The number of rotatable bonds is 5. The number of hydrogen-bond donors (Lipinski definition) is 0. The summed E-state index contributed by atoms with van der Waals surface area (Å²) in [7, 11) is 0. The first-order valence-corrected chi connectivity index (χ1v) is 8.91. The Balaban J connectivity index is 1.49. The first-order chi connectivity index (χ1) is 13.1. The molecule has 2 heterocycles. The molecule has 0 N–H and O–H groups in total. The van der Waals surface area contributed by atoms with Crippen LogP contribution in [0.1, 0.15) is 30.0 Å². The van der Waals surface area contributed by atoms with Gasteiger partial charge in [0.15, 0.2) is 6.10 Å². The van der Waals surface area contributed by atoms with Gasteiger partial charge in [0.25, 0.3) is 5.89 Å². The molecule has 2 aromatic heterocycles. The Bertz CT molecular complexity index is 1030. The van der Waals surface area contributed by atoms with Gasteiger partial charge in [-0.25, -0.2) is 0 Å². The molecule has 0 spiro atoms. The van der Waals surface area contributed by atoms with E-state index in [4.69, 9.17) is 9.26 Å². The zero-order valence-corrected chi connectivity index (χ0v) is 15.6. The quantitative estimate of drug-likeness (QED) is 0.486. The van der Waals surface area contributed by atoms with Gasteiger partial charge < -0.3 is 13.8 Å². The summed E-state index contributed by atoms with van der Waals surface area (Å²) < 4.78 is 13.4. The standard InChI is InChI=1S/C22H21N3O2/c1-15-6-11-20(14-16(15)2)26-17(3)22-23-21(24-27-22)18-7-9-19(10-8-18)25-12-4-5-13-25/h4-14,17H,1-3H3/t17-/m1/s1. The van der Waals surface area contributed by atoms with Crippen molar-refractivity contribution in [1.29, 1.82) is 0 Å². The largest absolute Gasteiger partial charge is 0.481 e. The molecule has 0 saturated heterocycles. The summed E-state index contributed by atoms with van der Waals surface area (Å²) in [6.45, 7) is 6.05. The number of hydrogen-bond acceptors (Lipinski definition) is 4. The van der Waals surface area contributed by atoms with Crippen molar-refractivity contribution < 1.29 is 9.26 Å². The molecule has 5 heteroatoms. The summed E-state index contributed by atoms with van der Waals surface area (Å²) in [6.07, 6.45) is 3.69. The number of ether oxygens (including phenoxy) is 1. The molecule has 0 amide bonds. The van der Waals surface area contributed by atoms with Gasteiger partial charge in [-0.1, -0.05) is 11.2 Å². The maximum atomic E-state index is 5.95. The van der Waals surface area contributed by atoms with E-state index in [0.717, 1.165) is 17.0 Å². The van der Waals surface area contributed by atoms with Crippen LogP contribution in [0.2, 0.25) is 0 Å². The predicted molar refractivity (Wildman–Crippen MR) is 104 cm³/mol. The van der Waals surface area contributed by atoms with Crippen molar-refractivity contribution in [2.75, 3.05) is 0 Å². The van der Waals surface area contributed by atoms with E-state index in [9.17, 15) is 0 Å². The maximum absolute atomic E-state index is 5.95. The van der Waals surface area contributed by atoms with E-state index in [1.807, 2.05) is 78.5 Å². The second-order valence-corrected chi connectivity index (χ2v) is 6.60. The summed E-state index contributed by atoms with van der Waals surface area (Å²) in [5.74, 6) is 1.80. The van der Waals surface area contributed by atoms with Crippen molar-refractivity contribution in [3.05, 3.63) is 84.0 Å². The van der Waals surface area contributed by atoms with E-state index >= 15 is 0 Å². The molecule has 0 radical (unpaired) electrons. The molecule has 0 aliphatic rings. The Labute approximate surface area is 158 Å². The number of aryl methyl sites for hydroxylation is 2. The van der Waals surface area contributed by atoms with Gasteiger partial charge >= 0.3 is 0 Å². The highest BCUT2D eigenvalue weighted by Crippen LogP contribution is 2.25. The predicted octanol–water partition coefficient (Wildman–Crippen LogP) is 5.28. The third-order valence-electron chi connectivity index (χ3n) is 4.61. The van der Waals surface area contributed by atoms with Crippen LogP contribution in [0, 0.1) is 13.8 Å². The highest BCUT2D eigenvalue weighted by Gasteiger charge is 2.17. The first kappa shape index (κ1) is 17.1. The maximum Gasteiger partial charge on any atom is 0.267 e. The second kappa shape index (κ2) is 7.11. The molecule has 4 rings (SSSR count). The fourth-order valence-corrected chi connectivity index (χ4v) is 2.85. The molecule has 0 aliphatic heterocycles. The first-order valence-electron chi connectivity index (χ1n) is 8.91. The van der Waals surface area contributed by atoms with Crippen molar-refractivity contribution in [2.24, 2.45) is 0 Å². The number of aromatic nitrogens is 3. The summed E-state index contributed by atoms with van der Waals surface area (Å²) in [4.78, 5) is 4.50. The Morgan fingerprint density at radius 3 is 2.41 bits per heavy atom. The normalized spacial score (nSPS) is 12.1. The second-order valence-electron chi connectivity index (χ2n) is 6.60. The fraction of sp³-hybridized carbons (Fsp3) is 0.182. The lowest BCUT2D eigenvalue weighted by molar-refractivity contribution is 0.175. The molecule has 5 nitrogen and oxygen atoms in total. The molecular formula is C22H21N3O2. The van der Waals surface area contributed by atoms with E-state index < -0.39 is 0 Å². The Kier molecular flexibility index (Phi) is 4.50. The molecular weight excluding hydrogens is 338 g/mol. The van der Waals surface area contributed by atoms with Crippen LogP contribution in [-0.4, -0.2) is 14.7 Å². The van der Waals surface area contributed by atoms with Gasteiger partial charge in [-0.15, -0.1) is 0 Å². The lowest BCUT2D eigenvalue weighted by Crippen LogP contribution is -2.03. The van der Waals surface area contributed by atoms with Crippen molar-refractivity contribution in [3.63, 3.8) is 0 Å². The average molecular weight is 359 g/mol. The third kappa shape index (κ3) is 3.62. The van der Waals surface area contributed by atoms with Crippen LogP contribution < -0.4 is 4.74 Å². The molecule has 1 atom stereocenters. The van der Waals surface area contributed by atoms with Gasteiger partial charge in [-0.05, 0) is 80.4 Å². The van der Waals surface area contributed by atoms with E-state index in [0.29, 0.717) is 11.7 Å². The van der Waals surface area contributed by atoms with E-state index in [1.165, 1.54) is 11.1 Å². The Morgan fingerprint density at radius 2 is 1.70 bits per heavy atom. The van der Waals surface area contributed by atoms with Crippen LogP contribution in [0.5, 0.6) is 5.75 Å². The lowest BCUT2D eigenvalue weighted by Gasteiger charge is -2.12. The van der Waals surface area contributed by atoms with Gasteiger partial charge in [-0.3, -0.25) is 0 Å². The van der Waals surface area contributed by atoms with Crippen molar-refractivity contribution >= 4 is 0 Å². The summed E-state index contributed by atoms with van der Waals surface area (Å²) in [6, 6.07) is 18.0. The van der Waals surface area contributed by atoms with Crippen LogP contribution in [0.15, 0.2) is 71.5 Å². The summed E-state index contributed by atoms with van der Waals surface area (Å²) in [5, 5.41) is 4.10. The van der Waals surface area contributed by atoms with Gasteiger partial charge in [0.1, 0.15) is 5.75 Å². The minimum Gasteiger partial charge on any atom is -0.481 e. The van der Waals surface area contributed by atoms with Gasteiger partial charge in [0.2, 0.25) is 5.82 Å². The van der Waals surface area contributed by atoms with Crippen LogP contribution in [0.25, 0.3) is 17.1 Å². The minimum atomic E-state index is -0.326. The highest BCUT2D eigenvalue weighted by molar-refractivity contribution is 5.56. The molecule has 0 bridgehead atoms. The van der Waals surface area contributed by atoms with E-state index in [1.54, 1.807) is 0 Å². The zero-order valence-electron chi connectivity index (χ0n) is 15.6. The van der Waals surface area contributed by atoms with Crippen LogP contribution >= 0.6 is 0 Å². The van der Waals surface area contributed by atoms with Gasteiger partial charge in [-0.2, -0.15) is 4.98 Å². The zero-order chi connectivity index (χ0) is 18.8. The molecule has 0 unspecified atom stereocenters. The molecule has 4 aromatic rings. The SMILES string of the molecule is Cc1ccc(O[C@H](C)c2nc(-c3ccc(-n4cccc4)cc3)no2)cc1C. The van der Waals surface area contributed by atoms with Gasteiger partial charge in [0.05, 0.1) is 0 Å². The summed E-state index contributed by atoms with van der Waals surface area (Å²) in [5.41, 5.74) is 4.41. The van der Waals surface area contributed by atoms with Crippen LogP contribution in [0.4, 0.5) is 0 Å². The van der Waals surface area contributed by atoms with Crippen LogP contribution in [0.3, 0.4) is 0 Å². The van der Waals surface area contributed by atoms with Crippen molar-refractivity contribution in [2.45, 2.75) is 26.9 Å². The molecule has 0 aliphatic carbocycles. The van der Waals surface area contributed by atoms with Crippen LogP contribution in [-0.2, 0) is 0 Å². The molecule has 27 heavy (non-hydrogen) atoms. The van der Waals surface area contributed by atoms with E-state index in [2.05, 4.69) is 24.0 Å². The average Bonchev–Trinajstić information content (AvgIpc) is 3.37. The molecule has 0 saturated carbocycles.